The summed E-state index contributed by atoms with van der Waals surface area (Å²) >= 11 is 0. The zero-order valence-electron chi connectivity index (χ0n) is 19.5. The molecule has 0 aromatic heterocycles. The number of carbonyl (C=O) groups is 3. The minimum absolute atomic E-state index is 0.0372. The summed E-state index contributed by atoms with van der Waals surface area (Å²) in [6, 6.07) is 13.6. The highest BCUT2D eigenvalue weighted by atomic mass is 16.3. The summed E-state index contributed by atoms with van der Waals surface area (Å²) in [5.41, 5.74) is 0.579. The highest BCUT2D eigenvalue weighted by Gasteiger charge is 2.46. The smallest absolute Gasteiger partial charge is 0.254 e. The average molecular weight is 467 g/mol. The third-order valence-electron chi connectivity index (χ3n) is 5.75. The summed E-state index contributed by atoms with van der Waals surface area (Å²) in [4.78, 5) is 38.5. The maximum atomic E-state index is 12.9. The zero-order chi connectivity index (χ0) is 25.3. The number of likely N-dealkylation sites (N-methyl/N-ethyl adjacent to an activating group) is 2. The summed E-state index contributed by atoms with van der Waals surface area (Å²) in [7, 11) is 2.69. The van der Waals surface area contributed by atoms with Crippen molar-refractivity contribution in [3.63, 3.8) is 0 Å². The number of benzene rings is 2. The first-order valence-electron chi connectivity index (χ1n) is 10.8. The molecule has 4 N–H and O–H groups in total. The molecule has 8 nitrogen and oxygen atoms in total. The van der Waals surface area contributed by atoms with Gasteiger partial charge in [-0.2, -0.15) is 0 Å². The molecule has 0 bridgehead atoms. The number of nitrogens with zero attached hydrogens (tertiary/aromatic N) is 1. The van der Waals surface area contributed by atoms with Crippen LogP contribution in [0.4, 0.5) is 0 Å². The average Bonchev–Trinajstić information content (AvgIpc) is 2.88. The van der Waals surface area contributed by atoms with Gasteiger partial charge in [-0.3, -0.25) is 14.4 Å². The van der Waals surface area contributed by atoms with E-state index in [-0.39, 0.29) is 12.2 Å². The molecule has 0 spiro atoms. The second kappa shape index (κ2) is 12.1. The SMILES string of the molecule is CNC(=O)[C@@](C)(C(=O)CO)N(C)C(=O)c1ccc(C#Cc2ccc(C(O)CCCO)cc2)cc1. The fraction of sp³-hybridized carbons (Fsp3) is 0.346. The first kappa shape index (κ1) is 26.7. The highest BCUT2D eigenvalue weighted by Crippen LogP contribution is 2.20. The van der Waals surface area contributed by atoms with Gasteiger partial charge in [0.2, 0.25) is 0 Å². The standard InChI is InChI=1S/C26H30N2O6/c1-26(23(32)17-30,25(34)27-2)28(3)24(33)21-14-10-19(11-15-21)7-6-18-8-12-20(13-9-18)22(31)5-4-16-29/h8-15,22,29-31H,4-5,16-17H2,1-3H3,(H,27,34)/t22?,26-/m1/s1. The third-order valence-corrected chi connectivity index (χ3v) is 5.75. The Morgan fingerprint density at radius 2 is 1.53 bits per heavy atom. The van der Waals surface area contributed by atoms with Gasteiger partial charge in [0.1, 0.15) is 6.61 Å². The van der Waals surface area contributed by atoms with E-state index >= 15 is 0 Å². The summed E-state index contributed by atoms with van der Waals surface area (Å²) in [6.45, 7) is 0.452. The lowest BCUT2D eigenvalue weighted by Crippen LogP contribution is -2.62. The van der Waals surface area contributed by atoms with E-state index in [1.165, 1.54) is 21.0 Å². The molecule has 2 amide bonds. The van der Waals surface area contributed by atoms with Gasteiger partial charge in [-0.1, -0.05) is 24.0 Å². The van der Waals surface area contributed by atoms with Crippen molar-refractivity contribution in [1.29, 1.82) is 0 Å². The molecular weight excluding hydrogens is 436 g/mol. The lowest BCUT2D eigenvalue weighted by molar-refractivity contribution is -0.143. The maximum absolute atomic E-state index is 12.9. The van der Waals surface area contributed by atoms with Crippen LogP contribution in [-0.2, 0) is 9.59 Å². The molecule has 0 aliphatic carbocycles. The van der Waals surface area contributed by atoms with E-state index in [4.69, 9.17) is 5.11 Å². The molecule has 1 unspecified atom stereocenters. The molecule has 0 aliphatic rings. The number of amides is 2. The molecule has 0 saturated heterocycles. The molecule has 0 heterocycles. The van der Waals surface area contributed by atoms with Gasteiger partial charge in [0.05, 0.1) is 6.10 Å². The topological polar surface area (TPSA) is 127 Å². The number of aliphatic hydroxyl groups excluding tert-OH is 3. The summed E-state index contributed by atoms with van der Waals surface area (Å²) < 4.78 is 0. The van der Waals surface area contributed by atoms with Gasteiger partial charge in [-0.25, -0.2) is 0 Å². The monoisotopic (exact) mass is 466 g/mol. The Bertz CT molecular complexity index is 1050. The Hall–Kier alpha value is -3.51. The van der Waals surface area contributed by atoms with Crippen LogP contribution in [0.5, 0.6) is 0 Å². The third kappa shape index (κ3) is 6.08. The first-order chi connectivity index (χ1) is 16.2. The van der Waals surface area contributed by atoms with Crippen molar-refractivity contribution in [3.05, 3.63) is 70.8 Å². The van der Waals surface area contributed by atoms with Crippen LogP contribution in [0.3, 0.4) is 0 Å². The van der Waals surface area contributed by atoms with Crippen LogP contribution < -0.4 is 5.32 Å². The predicted molar refractivity (Wildman–Crippen MR) is 127 cm³/mol. The molecule has 2 aromatic carbocycles. The fourth-order valence-electron chi connectivity index (χ4n) is 3.34. The van der Waals surface area contributed by atoms with E-state index in [1.54, 1.807) is 48.5 Å². The van der Waals surface area contributed by atoms with Crippen molar-refractivity contribution < 1.29 is 29.7 Å². The van der Waals surface area contributed by atoms with Gasteiger partial charge >= 0.3 is 0 Å². The predicted octanol–water partition coefficient (Wildman–Crippen LogP) is 1.03. The molecule has 2 atom stereocenters. The van der Waals surface area contributed by atoms with E-state index < -0.39 is 35.8 Å². The molecule has 0 aliphatic heterocycles. The summed E-state index contributed by atoms with van der Waals surface area (Å²) in [5, 5.41) is 30.6. The molecule has 2 aromatic rings. The van der Waals surface area contributed by atoms with E-state index in [2.05, 4.69) is 17.2 Å². The Morgan fingerprint density at radius 1 is 1.00 bits per heavy atom. The Labute approximate surface area is 199 Å². The van der Waals surface area contributed by atoms with Gasteiger partial charge in [0, 0.05) is 37.4 Å². The molecule has 8 heteroatoms. The lowest BCUT2D eigenvalue weighted by Gasteiger charge is -2.35. The number of hydrogen-bond acceptors (Lipinski definition) is 6. The number of Topliss-reactive ketones (excluding diaryl/α,β-unsaturated/α-hetero) is 1. The molecule has 0 saturated carbocycles. The van der Waals surface area contributed by atoms with E-state index in [0.717, 1.165) is 16.0 Å². The molecular formula is C26H30N2O6. The Morgan fingerprint density at radius 3 is 2.00 bits per heavy atom. The molecule has 2 rings (SSSR count). The lowest BCUT2D eigenvalue weighted by atomic mass is 9.92. The van der Waals surface area contributed by atoms with E-state index in [0.29, 0.717) is 18.4 Å². The molecule has 34 heavy (non-hydrogen) atoms. The van der Waals surface area contributed by atoms with Crippen LogP contribution in [0.1, 0.15) is 52.9 Å². The first-order valence-corrected chi connectivity index (χ1v) is 10.8. The number of rotatable bonds is 9. The molecule has 0 fully saturated rings. The van der Waals surface area contributed by atoms with Gasteiger partial charge in [-0.15, -0.1) is 0 Å². The van der Waals surface area contributed by atoms with Crippen molar-refractivity contribution in [2.45, 2.75) is 31.4 Å². The van der Waals surface area contributed by atoms with Gasteiger partial charge in [0.25, 0.3) is 11.8 Å². The van der Waals surface area contributed by atoms with Crippen LogP contribution in [-0.4, -0.2) is 70.7 Å². The number of ketones is 1. The van der Waals surface area contributed by atoms with Crippen molar-refractivity contribution in [3.8, 4) is 11.8 Å². The second-order valence-corrected chi connectivity index (χ2v) is 7.93. The Kier molecular flexibility index (Phi) is 9.51. The quantitative estimate of drug-likeness (QED) is 0.323. The van der Waals surface area contributed by atoms with E-state index in [9.17, 15) is 24.6 Å². The number of carbonyl (C=O) groups excluding carboxylic acids is 3. The zero-order valence-corrected chi connectivity index (χ0v) is 19.5. The van der Waals surface area contributed by atoms with Crippen molar-refractivity contribution in [2.24, 2.45) is 0 Å². The number of aliphatic hydroxyl groups is 3. The van der Waals surface area contributed by atoms with E-state index in [1.807, 2.05) is 0 Å². The van der Waals surface area contributed by atoms with Gasteiger partial charge in [0.15, 0.2) is 11.3 Å². The van der Waals surface area contributed by atoms with Crippen LogP contribution in [0.2, 0.25) is 0 Å². The second-order valence-electron chi connectivity index (χ2n) is 7.93. The summed E-state index contributed by atoms with van der Waals surface area (Å²) in [6.07, 6.45) is 0.383. The number of hydrogen-bond donors (Lipinski definition) is 4. The van der Waals surface area contributed by atoms with Gasteiger partial charge < -0.3 is 25.5 Å². The highest BCUT2D eigenvalue weighted by molar-refractivity contribution is 6.14. The Balaban J connectivity index is 2.15. The summed E-state index contributed by atoms with van der Waals surface area (Å²) in [5.74, 6) is 3.98. The fourth-order valence-corrected chi connectivity index (χ4v) is 3.34. The van der Waals surface area contributed by atoms with Crippen molar-refractivity contribution >= 4 is 17.6 Å². The van der Waals surface area contributed by atoms with Crippen LogP contribution in [0, 0.1) is 11.8 Å². The van der Waals surface area contributed by atoms with Crippen LogP contribution >= 0.6 is 0 Å². The number of nitrogens with one attached hydrogen (secondary N) is 1. The largest absolute Gasteiger partial charge is 0.396 e. The molecule has 180 valence electrons. The minimum atomic E-state index is -1.85. The molecule has 0 radical (unpaired) electrons. The van der Waals surface area contributed by atoms with Gasteiger partial charge in [-0.05, 0) is 61.7 Å². The van der Waals surface area contributed by atoms with Crippen molar-refractivity contribution in [2.75, 3.05) is 27.3 Å². The van der Waals surface area contributed by atoms with Crippen LogP contribution in [0.15, 0.2) is 48.5 Å². The van der Waals surface area contributed by atoms with Crippen LogP contribution in [0.25, 0.3) is 0 Å². The minimum Gasteiger partial charge on any atom is -0.396 e. The van der Waals surface area contributed by atoms with Crippen molar-refractivity contribution in [1.82, 2.24) is 10.2 Å². The normalized spacial score (nSPS) is 13.1. The maximum Gasteiger partial charge on any atom is 0.254 e.